The second kappa shape index (κ2) is 7.95. The molecule has 0 spiro atoms. The Morgan fingerprint density at radius 3 is 2.61 bits per heavy atom. The van der Waals surface area contributed by atoms with E-state index in [1.54, 1.807) is 20.3 Å². The van der Waals surface area contributed by atoms with Crippen molar-refractivity contribution in [3.63, 3.8) is 0 Å². The van der Waals surface area contributed by atoms with E-state index in [-0.39, 0.29) is 0 Å². The molecule has 4 nitrogen and oxygen atoms in total. The number of methoxy groups -OCH3 is 2. The van der Waals surface area contributed by atoms with Crippen molar-refractivity contribution in [1.29, 1.82) is 0 Å². The van der Waals surface area contributed by atoms with Gasteiger partial charge in [0, 0.05) is 24.8 Å². The summed E-state index contributed by atoms with van der Waals surface area (Å²) < 4.78 is 15.6. The van der Waals surface area contributed by atoms with Crippen LogP contribution in [0.5, 0.6) is 11.5 Å². The Kier molecular flexibility index (Phi) is 6.54. The Hall–Kier alpha value is -1.26. The van der Waals surface area contributed by atoms with Crippen molar-refractivity contribution < 1.29 is 19.3 Å². The third kappa shape index (κ3) is 4.20. The first-order valence-electron chi connectivity index (χ1n) is 6.20. The molecule has 1 N–H and O–H groups in total. The van der Waals surface area contributed by atoms with Crippen molar-refractivity contribution in [3.8, 4) is 11.5 Å². The number of hydrogen-bond acceptors (Lipinski definition) is 4. The van der Waals surface area contributed by atoms with Crippen molar-refractivity contribution in [2.75, 3.05) is 27.4 Å². The molecule has 0 saturated heterocycles. The van der Waals surface area contributed by atoms with Gasteiger partial charge in [-0.2, -0.15) is 0 Å². The molecular weight excluding hydrogens is 232 g/mol. The van der Waals surface area contributed by atoms with Gasteiger partial charge in [-0.25, -0.2) is 0 Å². The average molecular weight is 254 g/mol. The molecule has 0 aliphatic heterocycles. The van der Waals surface area contributed by atoms with Crippen LogP contribution in [0.1, 0.15) is 31.4 Å². The van der Waals surface area contributed by atoms with E-state index in [9.17, 15) is 5.11 Å². The smallest absolute Gasteiger partial charge is 0.128 e. The first-order valence-corrected chi connectivity index (χ1v) is 6.20. The van der Waals surface area contributed by atoms with Crippen molar-refractivity contribution in [2.24, 2.45) is 0 Å². The topological polar surface area (TPSA) is 47.9 Å². The highest BCUT2D eigenvalue weighted by molar-refractivity contribution is 5.41. The molecule has 0 saturated carbocycles. The summed E-state index contributed by atoms with van der Waals surface area (Å²) in [5.41, 5.74) is 0.787. The van der Waals surface area contributed by atoms with Crippen molar-refractivity contribution >= 4 is 0 Å². The number of hydrogen-bond donors (Lipinski definition) is 1. The quantitative estimate of drug-likeness (QED) is 0.724. The molecule has 0 radical (unpaired) electrons. The Labute approximate surface area is 108 Å². The van der Waals surface area contributed by atoms with Gasteiger partial charge in [-0.1, -0.05) is 0 Å². The molecule has 18 heavy (non-hydrogen) atoms. The Morgan fingerprint density at radius 2 is 2.00 bits per heavy atom. The van der Waals surface area contributed by atoms with E-state index in [2.05, 4.69) is 0 Å². The van der Waals surface area contributed by atoms with E-state index < -0.39 is 6.10 Å². The molecule has 0 aliphatic rings. The standard InChI is InChI=1S/C14H22O4/c1-4-18-9-5-6-13(15)12-8-7-11(16-2)10-14(12)17-3/h7-8,10,13,15H,4-6,9H2,1-3H3. The minimum absolute atomic E-state index is 0.536. The van der Waals surface area contributed by atoms with Gasteiger partial charge in [0.15, 0.2) is 0 Å². The molecule has 0 bridgehead atoms. The van der Waals surface area contributed by atoms with Crippen molar-refractivity contribution in [2.45, 2.75) is 25.9 Å². The van der Waals surface area contributed by atoms with Gasteiger partial charge >= 0.3 is 0 Å². The van der Waals surface area contributed by atoms with Crippen LogP contribution in [0.15, 0.2) is 18.2 Å². The fourth-order valence-corrected chi connectivity index (χ4v) is 1.77. The lowest BCUT2D eigenvalue weighted by atomic mass is 10.0. The van der Waals surface area contributed by atoms with Gasteiger partial charge in [0.05, 0.1) is 20.3 Å². The third-order valence-corrected chi connectivity index (χ3v) is 2.77. The van der Waals surface area contributed by atoms with Gasteiger partial charge in [-0.3, -0.25) is 0 Å². The maximum absolute atomic E-state index is 10.1. The number of rotatable bonds is 8. The summed E-state index contributed by atoms with van der Waals surface area (Å²) in [6.07, 6.45) is 0.943. The molecule has 0 amide bonds. The van der Waals surface area contributed by atoms with Gasteiger partial charge in [-0.05, 0) is 31.9 Å². The minimum Gasteiger partial charge on any atom is -0.497 e. The SMILES string of the molecule is CCOCCCC(O)c1ccc(OC)cc1OC. The van der Waals surface area contributed by atoms with Gasteiger partial charge in [0.25, 0.3) is 0 Å². The fraction of sp³-hybridized carbons (Fsp3) is 0.571. The zero-order valence-corrected chi connectivity index (χ0v) is 11.3. The summed E-state index contributed by atoms with van der Waals surface area (Å²) in [5, 5.41) is 10.1. The third-order valence-electron chi connectivity index (χ3n) is 2.77. The van der Waals surface area contributed by atoms with Crippen LogP contribution in [0, 0.1) is 0 Å². The Balaban J connectivity index is 2.63. The lowest BCUT2D eigenvalue weighted by Crippen LogP contribution is -2.03. The lowest BCUT2D eigenvalue weighted by molar-refractivity contribution is 0.113. The molecule has 4 heteroatoms. The average Bonchev–Trinajstić information content (AvgIpc) is 2.42. The normalized spacial score (nSPS) is 12.2. The zero-order chi connectivity index (χ0) is 13.4. The largest absolute Gasteiger partial charge is 0.497 e. The monoisotopic (exact) mass is 254 g/mol. The van der Waals surface area contributed by atoms with Gasteiger partial charge in [0.1, 0.15) is 11.5 Å². The van der Waals surface area contributed by atoms with Crippen LogP contribution in [0.4, 0.5) is 0 Å². The van der Waals surface area contributed by atoms with Gasteiger partial charge < -0.3 is 19.3 Å². The van der Waals surface area contributed by atoms with Crippen LogP contribution in [-0.2, 0) is 4.74 Å². The van der Waals surface area contributed by atoms with Crippen molar-refractivity contribution in [1.82, 2.24) is 0 Å². The van der Waals surface area contributed by atoms with Gasteiger partial charge in [-0.15, -0.1) is 0 Å². The summed E-state index contributed by atoms with van der Waals surface area (Å²) in [6.45, 7) is 3.34. The first-order chi connectivity index (χ1) is 8.72. The minimum atomic E-state index is -0.536. The highest BCUT2D eigenvalue weighted by Gasteiger charge is 2.13. The zero-order valence-electron chi connectivity index (χ0n) is 11.3. The predicted molar refractivity (Wildman–Crippen MR) is 70.2 cm³/mol. The molecule has 0 heterocycles. The van der Waals surface area contributed by atoms with Crippen LogP contribution >= 0.6 is 0 Å². The van der Waals surface area contributed by atoms with E-state index in [0.717, 1.165) is 17.7 Å². The summed E-state index contributed by atoms with van der Waals surface area (Å²) in [5.74, 6) is 1.37. The molecule has 0 aliphatic carbocycles. The van der Waals surface area contributed by atoms with E-state index in [0.29, 0.717) is 25.4 Å². The predicted octanol–water partition coefficient (Wildman–Crippen LogP) is 2.55. The van der Waals surface area contributed by atoms with E-state index in [1.165, 1.54) is 0 Å². The Bertz CT molecular complexity index is 352. The second-order valence-electron chi connectivity index (χ2n) is 3.96. The molecular formula is C14H22O4. The summed E-state index contributed by atoms with van der Waals surface area (Å²) in [4.78, 5) is 0. The number of ether oxygens (including phenoxy) is 3. The second-order valence-corrected chi connectivity index (χ2v) is 3.96. The highest BCUT2D eigenvalue weighted by Crippen LogP contribution is 2.31. The molecule has 0 aromatic heterocycles. The molecule has 1 aromatic rings. The molecule has 1 atom stereocenters. The lowest BCUT2D eigenvalue weighted by Gasteiger charge is -2.15. The first kappa shape index (κ1) is 14.8. The van der Waals surface area contributed by atoms with Crippen LogP contribution in [0.25, 0.3) is 0 Å². The van der Waals surface area contributed by atoms with E-state index in [4.69, 9.17) is 14.2 Å². The maximum atomic E-state index is 10.1. The molecule has 102 valence electrons. The fourth-order valence-electron chi connectivity index (χ4n) is 1.77. The summed E-state index contributed by atoms with van der Waals surface area (Å²) >= 11 is 0. The maximum Gasteiger partial charge on any atom is 0.128 e. The Morgan fingerprint density at radius 1 is 1.22 bits per heavy atom. The molecule has 0 fully saturated rings. The summed E-state index contributed by atoms with van der Waals surface area (Å²) in [6, 6.07) is 5.44. The van der Waals surface area contributed by atoms with Crippen LogP contribution in [0.2, 0.25) is 0 Å². The van der Waals surface area contributed by atoms with Crippen molar-refractivity contribution in [3.05, 3.63) is 23.8 Å². The highest BCUT2D eigenvalue weighted by atomic mass is 16.5. The van der Waals surface area contributed by atoms with E-state index >= 15 is 0 Å². The van der Waals surface area contributed by atoms with E-state index in [1.807, 2.05) is 19.1 Å². The summed E-state index contributed by atoms with van der Waals surface area (Å²) in [7, 11) is 3.19. The molecule has 1 rings (SSSR count). The number of aliphatic hydroxyl groups excluding tert-OH is 1. The van der Waals surface area contributed by atoms with Crippen LogP contribution < -0.4 is 9.47 Å². The van der Waals surface area contributed by atoms with Crippen LogP contribution in [0.3, 0.4) is 0 Å². The number of benzene rings is 1. The van der Waals surface area contributed by atoms with Crippen LogP contribution in [-0.4, -0.2) is 32.5 Å². The molecule has 1 aromatic carbocycles. The number of aliphatic hydroxyl groups is 1. The molecule has 1 unspecified atom stereocenters. The van der Waals surface area contributed by atoms with Gasteiger partial charge in [0.2, 0.25) is 0 Å².